The Hall–Kier alpha value is -0.610. The zero-order valence-corrected chi connectivity index (χ0v) is 12.2. The largest absolute Gasteiger partial charge is 0.377 e. The highest BCUT2D eigenvalue weighted by molar-refractivity contribution is 5.77. The van der Waals surface area contributed by atoms with Crippen LogP contribution in [-0.4, -0.2) is 42.6 Å². The summed E-state index contributed by atoms with van der Waals surface area (Å²) in [5.74, 6) is 1.11. The van der Waals surface area contributed by atoms with E-state index in [2.05, 4.69) is 27.7 Å². The molecule has 18 heavy (non-hydrogen) atoms. The third-order valence-corrected chi connectivity index (χ3v) is 3.55. The van der Waals surface area contributed by atoms with Gasteiger partial charge in [0, 0.05) is 13.0 Å². The lowest BCUT2D eigenvalue weighted by Gasteiger charge is -2.42. The second-order valence-electron chi connectivity index (χ2n) is 6.35. The first-order valence-electron chi connectivity index (χ1n) is 6.95. The smallest absolute Gasteiger partial charge is 0.223 e. The zero-order valence-electron chi connectivity index (χ0n) is 12.2. The minimum atomic E-state index is -0.188. The molecule has 2 N–H and O–H groups in total. The molecule has 0 aromatic carbocycles. The Labute approximate surface area is 111 Å². The van der Waals surface area contributed by atoms with Gasteiger partial charge in [-0.1, -0.05) is 13.8 Å². The Kier molecular flexibility index (Phi) is 5.60. The predicted octanol–water partition coefficient (Wildman–Crippen LogP) is 1.63. The number of hydrogen-bond acceptors (Lipinski definition) is 3. The Balaban J connectivity index is 2.57. The molecule has 0 aliphatic carbocycles. The summed E-state index contributed by atoms with van der Waals surface area (Å²) in [6.07, 6.45) is 1.59. The van der Waals surface area contributed by atoms with E-state index >= 15 is 0 Å². The number of ether oxygens (including phenoxy) is 1. The van der Waals surface area contributed by atoms with Crippen LogP contribution in [0.5, 0.6) is 0 Å². The molecule has 1 atom stereocenters. The predicted molar refractivity (Wildman–Crippen MR) is 73.2 cm³/mol. The maximum atomic E-state index is 12.4. The van der Waals surface area contributed by atoms with E-state index in [4.69, 9.17) is 10.5 Å². The Morgan fingerprint density at radius 3 is 2.61 bits per heavy atom. The second kappa shape index (κ2) is 6.53. The van der Waals surface area contributed by atoms with E-state index in [1.54, 1.807) is 0 Å². The van der Waals surface area contributed by atoms with Gasteiger partial charge in [0.25, 0.3) is 0 Å². The van der Waals surface area contributed by atoms with E-state index < -0.39 is 0 Å². The summed E-state index contributed by atoms with van der Waals surface area (Å²) in [6, 6.07) is 0. The third kappa shape index (κ3) is 4.25. The summed E-state index contributed by atoms with van der Waals surface area (Å²) in [7, 11) is 0. The van der Waals surface area contributed by atoms with Crippen molar-refractivity contribution < 1.29 is 9.53 Å². The first-order chi connectivity index (χ1) is 8.36. The molecule has 106 valence electrons. The molecule has 1 saturated heterocycles. The molecule has 0 unspecified atom stereocenters. The number of carbonyl (C=O) groups excluding carboxylic acids is 1. The van der Waals surface area contributed by atoms with Crippen molar-refractivity contribution in [3.05, 3.63) is 0 Å². The van der Waals surface area contributed by atoms with Crippen LogP contribution in [0.2, 0.25) is 0 Å². The first kappa shape index (κ1) is 15.4. The van der Waals surface area contributed by atoms with Crippen LogP contribution in [0.1, 0.15) is 40.5 Å². The van der Waals surface area contributed by atoms with Crippen molar-refractivity contribution >= 4 is 5.91 Å². The van der Waals surface area contributed by atoms with E-state index in [1.165, 1.54) is 0 Å². The van der Waals surface area contributed by atoms with Gasteiger partial charge < -0.3 is 15.4 Å². The number of carbonyl (C=O) groups is 1. The number of morpholine rings is 1. The molecule has 0 aromatic rings. The van der Waals surface area contributed by atoms with Crippen LogP contribution < -0.4 is 5.73 Å². The van der Waals surface area contributed by atoms with E-state index in [0.717, 1.165) is 6.42 Å². The van der Waals surface area contributed by atoms with Crippen LogP contribution in [0.3, 0.4) is 0 Å². The van der Waals surface area contributed by atoms with Crippen LogP contribution in [0.4, 0.5) is 0 Å². The van der Waals surface area contributed by atoms with Gasteiger partial charge in [0.1, 0.15) is 0 Å². The van der Waals surface area contributed by atoms with Crippen molar-refractivity contribution in [2.24, 2.45) is 17.6 Å². The highest BCUT2D eigenvalue weighted by Gasteiger charge is 2.34. The van der Waals surface area contributed by atoms with Crippen LogP contribution >= 0.6 is 0 Å². The fourth-order valence-electron chi connectivity index (χ4n) is 2.61. The van der Waals surface area contributed by atoms with Gasteiger partial charge in [-0.15, -0.1) is 0 Å². The lowest BCUT2D eigenvalue weighted by molar-refractivity contribution is -0.147. The fraction of sp³-hybridized carbons (Fsp3) is 0.929. The fourth-order valence-corrected chi connectivity index (χ4v) is 2.61. The Morgan fingerprint density at radius 1 is 1.44 bits per heavy atom. The van der Waals surface area contributed by atoms with Gasteiger partial charge in [-0.2, -0.15) is 0 Å². The highest BCUT2D eigenvalue weighted by atomic mass is 16.5. The van der Waals surface area contributed by atoms with Gasteiger partial charge in [0.05, 0.1) is 18.8 Å². The van der Waals surface area contributed by atoms with E-state index in [9.17, 15) is 4.79 Å². The van der Waals surface area contributed by atoms with Crippen LogP contribution in [0.15, 0.2) is 0 Å². The van der Waals surface area contributed by atoms with Crippen LogP contribution in [-0.2, 0) is 9.53 Å². The van der Waals surface area contributed by atoms with E-state index in [1.807, 2.05) is 4.90 Å². The first-order valence-corrected chi connectivity index (χ1v) is 6.95. The van der Waals surface area contributed by atoms with Gasteiger partial charge in [0.2, 0.25) is 5.91 Å². The molecular weight excluding hydrogens is 228 g/mol. The lowest BCUT2D eigenvalue weighted by atomic mass is 9.92. The van der Waals surface area contributed by atoms with Crippen molar-refractivity contribution in [2.75, 3.05) is 26.3 Å². The molecule has 0 aromatic heterocycles. The van der Waals surface area contributed by atoms with Gasteiger partial charge in [-0.3, -0.25) is 4.79 Å². The van der Waals surface area contributed by atoms with Gasteiger partial charge in [-0.05, 0) is 38.6 Å². The minimum Gasteiger partial charge on any atom is -0.377 e. The molecular formula is C14H28N2O2. The molecule has 1 fully saturated rings. The minimum absolute atomic E-state index is 0.188. The SMILES string of the molecule is CC(C)C[C@H](CN)CC(=O)N1CCOCC1(C)C. The van der Waals surface area contributed by atoms with Gasteiger partial charge in [-0.25, -0.2) is 0 Å². The summed E-state index contributed by atoms with van der Waals surface area (Å²) in [5.41, 5.74) is 5.58. The topological polar surface area (TPSA) is 55.6 Å². The van der Waals surface area contributed by atoms with Crippen molar-refractivity contribution in [3.8, 4) is 0 Å². The van der Waals surface area contributed by atoms with Crippen molar-refractivity contribution in [3.63, 3.8) is 0 Å². The number of amides is 1. The van der Waals surface area contributed by atoms with E-state index in [0.29, 0.717) is 44.6 Å². The molecule has 1 rings (SSSR count). The molecule has 1 aliphatic rings. The lowest BCUT2D eigenvalue weighted by Crippen LogP contribution is -2.55. The Morgan fingerprint density at radius 2 is 2.11 bits per heavy atom. The monoisotopic (exact) mass is 256 g/mol. The number of nitrogens with two attached hydrogens (primary N) is 1. The highest BCUT2D eigenvalue weighted by Crippen LogP contribution is 2.23. The standard InChI is InChI=1S/C14H28N2O2/c1-11(2)7-12(9-15)8-13(17)16-5-6-18-10-14(16,3)4/h11-12H,5-10,15H2,1-4H3/t12-/m0/s1. The molecule has 1 aliphatic heterocycles. The number of hydrogen-bond donors (Lipinski definition) is 1. The van der Waals surface area contributed by atoms with Gasteiger partial charge >= 0.3 is 0 Å². The van der Waals surface area contributed by atoms with Crippen molar-refractivity contribution in [1.82, 2.24) is 4.90 Å². The molecule has 4 nitrogen and oxygen atoms in total. The van der Waals surface area contributed by atoms with E-state index in [-0.39, 0.29) is 11.4 Å². The third-order valence-electron chi connectivity index (χ3n) is 3.55. The summed E-state index contributed by atoms with van der Waals surface area (Å²) in [6.45, 7) is 11.0. The average Bonchev–Trinajstić information content (AvgIpc) is 2.26. The molecule has 0 bridgehead atoms. The molecule has 4 heteroatoms. The summed E-state index contributed by atoms with van der Waals surface area (Å²) >= 11 is 0. The van der Waals surface area contributed by atoms with Crippen molar-refractivity contribution in [2.45, 2.75) is 46.1 Å². The molecule has 0 spiro atoms. The molecule has 1 amide bonds. The Bertz CT molecular complexity index is 277. The average molecular weight is 256 g/mol. The van der Waals surface area contributed by atoms with Crippen molar-refractivity contribution in [1.29, 1.82) is 0 Å². The van der Waals surface area contributed by atoms with Crippen LogP contribution in [0, 0.1) is 11.8 Å². The molecule has 0 radical (unpaired) electrons. The number of nitrogens with zero attached hydrogens (tertiary/aromatic N) is 1. The summed E-state index contributed by atoms with van der Waals surface area (Å²) < 4.78 is 5.44. The normalized spacial score (nSPS) is 21.1. The molecule has 1 heterocycles. The van der Waals surface area contributed by atoms with Gasteiger partial charge in [0.15, 0.2) is 0 Å². The molecule has 0 saturated carbocycles. The summed E-state index contributed by atoms with van der Waals surface area (Å²) in [4.78, 5) is 14.3. The quantitative estimate of drug-likeness (QED) is 0.813. The maximum Gasteiger partial charge on any atom is 0.223 e. The second-order valence-corrected chi connectivity index (χ2v) is 6.35. The number of rotatable bonds is 5. The zero-order chi connectivity index (χ0) is 13.8. The maximum absolute atomic E-state index is 12.4. The van der Waals surface area contributed by atoms with Crippen LogP contribution in [0.25, 0.3) is 0 Å². The summed E-state index contributed by atoms with van der Waals surface area (Å²) in [5, 5.41) is 0.